The van der Waals surface area contributed by atoms with Crippen LogP contribution < -0.4 is 5.32 Å². The van der Waals surface area contributed by atoms with Gasteiger partial charge in [-0.25, -0.2) is 8.42 Å². The number of aliphatic imine (C=N–C) groups is 1. The summed E-state index contributed by atoms with van der Waals surface area (Å²) in [7, 11) is -1.25. The minimum atomic E-state index is -3.02. The largest absolute Gasteiger partial charge is 0.356 e. The fraction of sp³-hybridized carbons (Fsp3) is 0.944. The first-order valence-electron chi connectivity index (χ1n) is 9.91. The van der Waals surface area contributed by atoms with E-state index in [4.69, 9.17) is 0 Å². The van der Waals surface area contributed by atoms with Crippen LogP contribution in [0.3, 0.4) is 0 Å². The van der Waals surface area contributed by atoms with E-state index in [2.05, 4.69) is 31.9 Å². The zero-order chi connectivity index (χ0) is 19.2. The Morgan fingerprint density at radius 3 is 2.31 bits per heavy atom. The van der Waals surface area contributed by atoms with Crippen LogP contribution in [0.15, 0.2) is 4.99 Å². The van der Waals surface area contributed by atoms with Crippen LogP contribution in [0.4, 0.5) is 0 Å². The average molecular weight is 388 g/mol. The van der Waals surface area contributed by atoms with Gasteiger partial charge in [0.1, 0.15) is 0 Å². The lowest BCUT2D eigenvalue weighted by molar-refractivity contribution is 0.136. The van der Waals surface area contributed by atoms with Crippen LogP contribution in [-0.2, 0) is 9.84 Å². The quantitative estimate of drug-likeness (QED) is 0.406. The number of hydrogen-bond donors (Lipinski definition) is 1. The molecule has 152 valence electrons. The Kier molecular flexibility index (Phi) is 7.73. The molecule has 2 saturated heterocycles. The lowest BCUT2D eigenvalue weighted by atomic mass is 10.2. The summed E-state index contributed by atoms with van der Waals surface area (Å²) in [4.78, 5) is 11.5. The molecular weight excluding hydrogens is 350 g/mol. The van der Waals surface area contributed by atoms with Gasteiger partial charge in [0.15, 0.2) is 15.8 Å². The van der Waals surface area contributed by atoms with Crippen molar-refractivity contribution < 1.29 is 8.42 Å². The molecule has 1 N–H and O–H groups in total. The summed E-state index contributed by atoms with van der Waals surface area (Å²) in [6.45, 7) is 14.8. The monoisotopic (exact) mass is 387 g/mol. The summed E-state index contributed by atoms with van der Waals surface area (Å²) >= 11 is 0. The Bertz CT molecular complexity index is 568. The second kappa shape index (κ2) is 9.37. The summed E-state index contributed by atoms with van der Waals surface area (Å²) in [6, 6.07) is 0. The Morgan fingerprint density at radius 2 is 1.73 bits per heavy atom. The van der Waals surface area contributed by atoms with E-state index in [1.807, 2.05) is 0 Å². The van der Waals surface area contributed by atoms with E-state index in [1.165, 1.54) is 32.6 Å². The maximum Gasteiger partial charge on any atom is 0.193 e. The third kappa shape index (κ3) is 5.57. The molecule has 26 heavy (non-hydrogen) atoms. The van der Waals surface area contributed by atoms with Crippen molar-refractivity contribution in [2.75, 3.05) is 71.7 Å². The summed E-state index contributed by atoms with van der Waals surface area (Å²) in [5.74, 6) is 1.02. The number of piperazine rings is 1. The van der Waals surface area contributed by atoms with Crippen molar-refractivity contribution in [3.8, 4) is 0 Å². The van der Waals surface area contributed by atoms with Crippen LogP contribution in [-0.4, -0.2) is 106 Å². The molecule has 2 aliphatic heterocycles. The minimum Gasteiger partial charge on any atom is -0.356 e. The van der Waals surface area contributed by atoms with Gasteiger partial charge in [-0.15, -0.1) is 0 Å². The highest BCUT2D eigenvalue weighted by Gasteiger charge is 2.40. The molecule has 0 unspecified atom stereocenters. The van der Waals surface area contributed by atoms with Crippen molar-refractivity contribution in [1.29, 1.82) is 0 Å². The highest BCUT2D eigenvalue weighted by atomic mass is 32.2. The van der Waals surface area contributed by atoms with Crippen LogP contribution in [0.25, 0.3) is 0 Å². The highest BCUT2D eigenvalue weighted by molar-refractivity contribution is 7.92. The van der Waals surface area contributed by atoms with Gasteiger partial charge in [0.25, 0.3) is 0 Å². The maximum atomic E-state index is 12.2. The van der Waals surface area contributed by atoms with Gasteiger partial charge in [-0.3, -0.25) is 4.99 Å². The van der Waals surface area contributed by atoms with Crippen molar-refractivity contribution in [3.63, 3.8) is 0 Å². The van der Waals surface area contributed by atoms with Crippen LogP contribution in [0, 0.1) is 0 Å². The van der Waals surface area contributed by atoms with Gasteiger partial charge < -0.3 is 20.0 Å². The summed E-state index contributed by atoms with van der Waals surface area (Å²) < 4.78 is 23.6. The number of guanidine groups is 1. The Balaban J connectivity index is 1.67. The predicted molar refractivity (Wildman–Crippen MR) is 109 cm³/mol. The van der Waals surface area contributed by atoms with Crippen LogP contribution in [0.5, 0.6) is 0 Å². The summed E-state index contributed by atoms with van der Waals surface area (Å²) in [6.07, 6.45) is 2.28. The van der Waals surface area contributed by atoms with Gasteiger partial charge in [-0.2, -0.15) is 0 Å². The van der Waals surface area contributed by atoms with Crippen LogP contribution >= 0.6 is 0 Å². The molecule has 8 heteroatoms. The SMILES string of the molecule is CCN1CCN(CCCCNC(=NC)N2CCS(=O)(=O)C(C)(C)C2)CC1. The molecule has 0 atom stereocenters. The fourth-order valence-corrected chi connectivity index (χ4v) is 5.01. The highest BCUT2D eigenvalue weighted by Crippen LogP contribution is 2.23. The van der Waals surface area contributed by atoms with E-state index in [1.54, 1.807) is 20.9 Å². The fourth-order valence-electron chi connectivity index (χ4n) is 3.65. The molecule has 0 amide bonds. The van der Waals surface area contributed by atoms with E-state index >= 15 is 0 Å². The van der Waals surface area contributed by atoms with Gasteiger partial charge in [-0.1, -0.05) is 6.92 Å². The van der Waals surface area contributed by atoms with Crippen LogP contribution in [0.1, 0.15) is 33.6 Å². The molecule has 2 rings (SSSR count). The zero-order valence-electron chi connectivity index (χ0n) is 17.0. The van der Waals surface area contributed by atoms with Gasteiger partial charge in [0, 0.05) is 52.9 Å². The summed E-state index contributed by atoms with van der Waals surface area (Å²) in [5.41, 5.74) is 0. The van der Waals surface area contributed by atoms with E-state index in [0.29, 0.717) is 13.1 Å². The van der Waals surface area contributed by atoms with E-state index < -0.39 is 14.6 Å². The molecule has 0 aromatic rings. The Morgan fingerprint density at radius 1 is 1.08 bits per heavy atom. The first-order chi connectivity index (χ1) is 12.3. The number of nitrogens with zero attached hydrogens (tertiary/aromatic N) is 4. The van der Waals surface area contributed by atoms with E-state index in [9.17, 15) is 8.42 Å². The number of nitrogens with one attached hydrogen (secondary N) is 1. The Hall–Kier alpha value is -0.860. The zero-order valence-corrected chi connectivity index (χ0v) is 17.8. The molecule has 0 saturated carbocycles. The van der Waals surface area contributed by atoms with Gasteiger partial charge in [-0.05, 0) is 39.8 Å². The number of sulfone groups is 1. The molecule has 0 aromatic carbocycles. The molecule has 0 aromatic heterocycles. The average Bonchev–Trinajstić information content (AvgIpc) is 2.61. The van der Waals surface area contributed by atoms with Crippen molar-refractivity contribution >= 4 is 15.8 Å². The number of hydrogen-bond acceptors (Lipinski definition) is 5. The number of unbranched alkanes of at least 4 members (excludes halogenated alkanes) is 1. The first-order valence-corrected chi connectivity index (χ1v) is 11.6. The van der Waals surface area contributed by atoms with Crippen molar-refractivity contribution in [2.45, 2.75) is 38.4 Å². The third-order valence-electron chi connectivity index (χ3n) is 5.65. The molecule has 2 fully saturated rings. The van der Waals surface area contributed by atoms with E-state index in [0.717, 1.165) is 32.0 Å². The molecule has 2 heterocycles. The summed E-state index contributed by atoms with van der Waals surface area (Å²) in [5, 5.41) is 3.41. The number of rotatable bonds is 6. The van der Waals surface area contributed by atoms with Crippen molar-refractivity contribution in [3.05, 3.63) is 0 Å². The lowest BCUT2D eigenvalue weighted by Gasteiger charge is -2.39. The minimum absolute atomic E-state index is 0.199. The number of likely N-dealkylation sites (N-methyl/N-ethyl adjacent to an activating group) is 1. The van der Waals surface area contributed by atoms with E-state index in [-0.39, 0.29) is 5.75 Å². The molecule has 7 nitrogen and oxygen atoms in total. The second-order valence-corrected chi connectivity index (χ2v) is 10.7. The predicted octanol–water partition coefficient (Wildman–Crippen LogP) is 0.489. The smallest absolute Gasteiger partial charge is 0.193 e. The van der Waals surface area contributed by atoms with Gasteiger partial charge >= 0.3 is 0 Å². The molecule has 0 spiro atoms. The van der Waals surface area contributed by atoms with Crippen molar-refractivity contribution in [2.24, 2.45) is 4.99 Å². The molecular formula is C18H37N5O2S. The van der Waals surface area contributed by atoms with Crippen molar-refractivity contribution in [1.82, 2.24) is 20.0 Å². The Labute approximate surface area is 159 Å². The molecule has 0 radical (unpaired) electrons. The third-order valence-corrected chi connectivity index (χ3v) is 8.18. The second-order valence-electron chi connectivity index (χ2n) is 7.96. The van der Waals surface area contributed by atoms with Gasteiger partial charge in [0.2, 0.25) is 0 Å². The molecule has 2 aliphatic rings. The molecule has 0 aliphatic carbocycles. The first kappa shape index (κ1) is 21.4. The van der Waals surface area contributed by atoms with Gasteiger partial charge in [0.05, 0.1) is 10.5 Å². The maximum absolute atomic E-state index is 12.2. The lowest BCUT2D eigenvalue weighted by Crippen LogP contribution is -2.57. The molecule has 0 bridgehead atoms. The standard InChI is InChI=1S/C18H37N5O2S/c1-5-21-10-12-22(13-11-21)9-7-6-8-20-17(19-4)23-14-15-26(24,25)18(2,3)16-23/h5-16H2,1-4H3,(H,19,20). The van der Waals surface area contributed by atoms with Crippen LogP contribution in [0.2, 0.25) is 0 Å². The normalized spacial score (nSPS) is 24.6. The topological polar surface area (TPSA) is 68.2 Å².